The highest BCUT2D eigenvalue weighted by Crippen LogP contribution is 2.22. The Morgan fingerprint density at radius 2 is 1.82 bits per heavy atom. The van der Waals surface area contributed by atoms with E-state index in [0.717, 1.165) is 11.1 Å². The average molecular weight is 461 g/mol. The molecule has 0 aliphatic heterocycles. The molecule has 176 valence electrons. The Hall–Kier alpha value is -3.69. The summed E-state index contributed by atoms with van der Waals surface area (Å²) in [4.78, 5) is 29.7. The van der Waals surface area contributed by atoms with Gasteiger partial charge in [-0.05, 0) is 48.7 Å². The number of rotatable bonds is 10. The van der Waals surface area contributed by atoms with Crippen molar-refractivity contribution in [2.45, 2.75) is 31.7 Å². The molecular weight excluding hydrogens is 433 g/mol. The van der Waals surface area contributed by atoms with Crippen LogP contribution in [0.4, 0.5) is 0 Å². The van der Waals surface area contributed by atoms with Gasteiger partial charge in [-0.2, -0.15) is 0 Å². The van der Waals surface area contributed by atoms with Crippen LogP contribution in [0.2, 0.25) is 0 Å². The minimum atomic E-state index is -1.74. The van der Waals surface area contributed by atoms with E-state index in [1.165, 1.54) is 13.3 Å². The van der Waals surface area contributed by atoms with Crippen LogP contribution in [0.15, 0.2) is 73.1 Å². The van der Waals surface area contributed by atoms with Crippen LogP contribution in [0.1, 0.15) is 39.5 Å². The summed E-state index contributed by atoms with van der Waals surface area (Å²) >= 11 is 0. The molecule has 2 atom stereocenters. The lowest BCUT2D eigenvalue weighted by molar-refractivity contribution is -0.122. The van der Waals surface area contributed by atoms with E-state index in [1.54, 1.807) is 42.6 Å². The number of nitrogens with one attached hydrogen (secondary N) is 2. The van der Waals surface area contributed by atoms with Crippen LogP contribution in [0.3, 0.4) is 0 Å². The third-order valence-corrected chi connectivity index (χ3v) is 5.40. The first-order valence-electron chi connectivity index (χ1n) is 10.9. The molecule has 3 aromatic rings. The van der Waals surface area contributed by atoms with Crippen LogP contribution in [0.25, 0.3) is 0 Å². The van der Waals surface area contributed by atoms with Gasteiger partial charge in [0.2, 0.25) is 5.91 Å². The fourth-order valence-electron chi connectivity index (χ4n) is 3.51. The largest absolute Gasteiger partial charge is 0.497 e. The van der Waals surface area contributed by atoms with Gasteiger partial charge in [0.25, 0.3) is 5.91 Å². The lowest BCUT2D eigenvalue weighted by Crippen LogP contribution is -2.48. The van der Waals surface area contributed by atoms with Gasteiger partial charge in [-0.1, -0.05) is 42.0 Å². The third kappa shape index (κ3) is 7.16. The number of nitrogens with zero attached hydrogens (tertiary/aromatic N) is 1. The van der Waals surface area contributed by atoms with Crippen molar-refractivity contribution in [1.82, 2.24) is 15.6 Å². The van der Waals surface area contributed by atoms with Crippen molar-refractivity contribution >= 4 is 18.9 Å². The zero-order valence-corrected chi connectivity index (χ0v) is 19.1. The molecule has 9 heteroatoms. The number of amides is 2. The van der Waals surface area contributed by atoms with E-state index in [9.17, 15) is 19.6 Å². The summed E-state index contributed by atoms with van der Waals surface area (Å²) in [5.41, 5.74) is 2.97. The lowest BCUT2D eigenvalue weighted by Gasteiger charge is -2.22. The summed E-state index contributed by atoms with van der Waals surface area (Å²) < 4.78 is 5.28. The number of aromatic nitrogens is 1. The number of hydrogen-bond donors (Lipinski definition) is 4. The van der Waals surface area contributed by atoms with Crippen LogP contribution in [0, 0.1) is 6.92 Å². The van der Waals surface area contributed by atoms with Gasteiger partial charge in [0.15, 0.2) is 0 Å². The molecule has 2 amide bonds. The molecule has 0 saturated heterocycles. The maximum absolute atomic E-state index is 12.9. The summed E-state index contributed by atoms with van der Waals surface area (Å²) in [6.07, 6.45) is 3.14. The molecule has 0 radical (unpaired) electrons. The Morgan fingerprint density at radius 3 is 2.47 bits per heavy atom. The smallest absolute Gasteiger partial charge is 0.475 e. The standard InChI is InChI=1S/C25H28BN3O5/c1-17-8-10-18(11-9-17)13-23(26(32)33)29-24(30)15-22(19-5-3-7-21(14-19)34-2)28-25(31)20-6-4-12-27-16-20/h3-12,14,16,22-23,32-33H,13,15H2,1-2H3,(H,28,31)(H,29,30). The van der Waals surface area contributed by atoms with E-state index in [-0.39, 0.29) is 18.7 Å². The maximum atomic E-state index is 12.9. The van der Waals surface area contributed by atoms with Gasteiger partial charge >= 0.3 is 7.12 Å². The van der Waals surface area contributed by atoms with Crippen LogP contribution in [-0.2, 0) is 11.2 Å². The molecule has 0 aliphatic rings. The molecule has 0 fully saturated rings. The molecule has 3 rings (SSSR count). The first kappa shape index (κ1) is 24.9. The number of ether oxygens (including phenoxy) is 1. The fraction of sp³-hybridized carbons (Fsp3) is 0.240. The SMILES string of the molecule is COc1cccc(C(CC(=O)NC(Cc2ccc(C)cc2)B(O)O)NC(=O)c2cccnc2)c1. The van der Waals surface area contributed by atoms with E-state index in [0.29, 0.717) is 16.9 Å². The highest BCUT2D eigenvalue weighted by atomic mass is 16.5. The van der Waals surface area contributed by atoms with E-state index < -0.39 is 25.0 Å². The Morgan fingerprint density at radius 1 is 1.06 bits per heavy atom. The number of pyridine rings is 1. The summed E-state index contributed by atoms with van der Waals surface area (Å²) in [5, 5.41) is 25.2. The van der Waals surface area contributed by atoms with Crippen LogP contribution in [-0.4, -0.2) is 47.0 Å². The molecule has 0 saturated carbocycles. The van der Waals surface area contributed by atoms with Gasteiger partial charge in [-0.3, -0.25) is 14.6 Å². The fourth-order valence-corrected chi connectivity index (χ4v) is 3.51. The number of methoxy groups -OCH3 is 1. The lowest BCUT2D eigenvalue weighted by atomic mass is 9.75. The van der Waals surface area contributed by atoms with Crippen molar-refractivity contribution in [3.8, 4) is 5.75 Å². The van der Waals surface area contributed by atoms with Crippen LogP contribution >= 0.6 is 0 Å². The number of aryl methyl sites for hydroxylation is 1. The van der Waals surface area contributed by atoms with E-state index in [4.69, 9.17) is 4.74 Å². The molecule has 2 aromatic carbocycles. The molecule has 2 unspecified atom stereocenters. The second-order valence-electron chi connectivity index (χ2n) is 8.03. The number of carbonyl (C=O) groups is 2. The molecule has 1 aromatic heterocycles. The molecule has 1 heterocycles. The normalized spacial score (nSPS) is 12.4. The summed E-state index contributed by atoms with van der Waals surface area (Å²) in [6, 6.07) is 17.3. The minimum Gasteiger partial charge on any atom is -0.497 e. The topological polar surface area (TPSA) is 121 Å². The van der Waals surface area contributed by atoms with Crippen molar-refractivity contribution in [2.75, 3.05) is 7.11 Å². The third-order valence-electron chi connectivity index (χ3n) is 5.40. The Balaban J connectivity index is 1.76. The van der Waals surface area contributed by atoms with Crippen LogP contribution < -0.4 is 15.4 Å². The first-order chi connectivity index (χ1) is 16.4. The summed E-state index contributed by atoms with van der Waals surface area (Å²) in [6.45, 7) is 1.96. The molecule has 34 heavy (non-hydrogen) atoms. The number of carbonyl (C=O) groups excluding carboxylic acids is 2. The van der Waals surface area contributed by atoms with Gasteiger partial charge in [0.1, 0.15) is 5.75 Å². The predicted molar refractivity (Wildman–Crippen MR) is 129 cm³/mol. The van der Waals surface area contributed by atoms with Crippen molar-refractivity contribution in [1.29, 1.82) is 0 Å². The van der Waals surface area contributed by atoms with Crippen molar-refractivity contribution in [2.24, 2.45) is 0 Å². The van der Waals surface area contributed by atoms with Crippen molar-refractivity contribution in [3.63, 3.8) is 0 Å². The molecule has 0 bridgehead atoms. The number of hydrogen-bond acceptors (Lipinski definition) is 6. The molecular formula is C25H28BN3O5. The Bertz CT molecular complexity index is 1090. The van der Waals surface area contributed by atoms with Crippen molar-refractivity contribution in [3.05, 3.63) is 95.3 Å². The van der Waals surface area contributed by atoms with Gasteiger partial charge in [-0.25, -0.2) is 0 Å². The minimum absolute atomic E-state index is 0.115. The van der Waals surface area contributed by atoms with E-state index >= 15 is 0 Å². The van der Waals surface area contributed by atoms with Gasteiger partial charge < -0.3 is 25.4 Å². The Labute approximate surface area is 199 Å². The summed E-state index contributed by atoms with van der Waals surface area (Å²) in [7, 11) is -0.210. The average Bonchev–Trinajstić information content (AvgIpc) is 2.85. The van der Waals surface area contributed by atoms with Gasteiger partial charge in [0, 0.05) is 12.4 Å². The highest BCUT2D eigenvalue weighted by molar-refractivity contribution is 6.43. The molecule has 0 aliphatic carbocycles. The molecule has 4 N–H and O–H groups in total. The zero-order valence-electron chi connectivity index (χ0n) is 19.1. The monoisotopic (exact) mass is 461 g/mol. The maximum Gasteiger partial charge on any atom is 0.475 e. The van der Waals surface area contributed by atoms with E-state index in [2.05, 4.69) is 15.6 Å². The van der Waals surface area contributed by atoms with Gasteiger partial charge in [-0.15, -0.1) is 0 Å². The summed E-state index contributed by atoms with van der Waals surface area (Å²) in [5.74, 6) is -1.15. The van der Waals surface area contributed by atoms with E-state index in [1.807, 2.05) is 31.2 Å². The zero-order chi connectivity index (χ0) is 24.5. The molecule has 8 nitrogen and oxygen atoms in total. The van der Waals surface area contributed by atoms with Crippen LogP contribution in [0.5, 0.6) is 5.75 Å². The Kier molecular flexibility index (Phi) is 8.78. The second-order valence-corrected chi connectivity index (χ2v) is 8.03. The number of benzene rings is 2. The second kappa shape index (κ2) is 12.0. The first-order valence-corrected chi connectivity index (χ1v) is 10.9. The quantitative estimate of drug-likeness (QED) is 0.343. The predicted octanol–water partition coefficient (Wildman–Crippen LogP) is 2.00. The highest BCUT2D eigenvalue weighted by Gasteiger charge is 2.27. The van der Waals surface area contributed by atoms with Gasteiger partial charge in [0.05, 0.1) is 31.1 Å². The van der Waals surface area contributed by atoms with Crippen molar-refractivity contribution < 1.29 is 24.4 Å². The molecule has 0 spiro atoms.